The molecule has 23 heavy (non-hydrogen) atoms. The van der Waals surface area contributed by atoms with Crippen molar-refractivity contribution in [3.63, 3.8) is 0 Å². The van der Waals surface area contributed by atoms with Crippen molar-refractivity contribution >= 4 is 35.0 Å². The van der Waals surface area contributed by atoms with E-state index in [0.717, 1.165) is 35.8 Å². The summed E-state index contributed by atoms with van der Waals surface area (Å²) in [5, 5.41) is 12.6. The topological polar surface area (TPSA) is 59.8 Å². The lowest BCUT2D eigenvalue weighted by Crippen LogP contribution is -2.14. The molecule has 1 heterocycles. The third-order valence-corrected chi connectivity index (χ3v) is 4.89. The Morgan fingerprint density at radius 2 is 2.17 bits per heavy atom. The lowest BCUT2D eigenvalue weighted by Gasteiger charge is -2.07. The molecule has 5 nitrogen and oxygen atoms in total. The molecule has 1 N–H and O–H groups in total. The summed E-state index contributed by atoms with van der Waals surface area (Å²) in [6.45, 7) is 4.07. The highest BCUT2D eigenvalue weighted by molar-refractivity contribution is 7.99. The number of hydrogen-bond donors (Lipinski definition) is 1. The molecule has 0 unspecified atom stereocenters. The van der Waals surface area contributed by atoms with Crippen LogP contribution >= 0.6 is 23.4 Å². The van der Waals surface area contributed by atoms with Gasteiger partial charge < -0.3 is 9.88 Å². The van der Waals surface area contributed by atoms with Gasteiger partial charge in [-0.05, 0) is 31.0 Å². The number of carbonyl (C=O) groups is 1. The maximum atomic E-state index is 12.0. The van der Waals surface area contributed by atoms with Crippen LogP contribution < -0.4 is 5.32 Å². The van der Waals surface area contributed by atoms with Gasteiger partial charge in [0.25, 0.3) is 0 Å². The number of amides is 1. The van der Waals surface area contributed by atoms with Crippen LogP contribution in [0.2, 0.25) is 5.02 Å². The molecular weight excluding hydrogens is 332 g/mol. The van der Waals surface area contributed by atoms with Crippen molar-refractivity contribution in [2.45, 2.75) is 38.3 Å². The highest BCUT2D eigenvalue weighted by Crippen LogP contribution is 2.21. The molecule has 1 aromatic carbocycles. The maximum absolute atomic E-state index is 12.0. The summed E-state index contributed by atoms with van der Waals surface area (Å²) >= 11 is 7.44. The second-order valence-corrected chi connectivity index (χ2v) is 6.71. The van der Waals surface area contributed by atoms with E-state index >= 15 is 0 Å². The Labute approximate surface area is 145 Å². The zero-order valence-electron chi connectivity index (χ0n) is 13.6. The van der Waals surface area contributed by atoms with Crippen LogP contribution in [0.4, 0.5) is 5.69 Å². The first-order valence-electron chi connectivity index (χ1n) is 7.58. The predicted molar refractivity (Wildman–Crippen MR) is 95.2 cm³/mol. The van der Waals surface area contributed by atoms with Crippen LogP contribution in [0.3, 0.4) is 0 Å². The number of nitrogens with zero attached hydrogens (tertiary/aromatic N) is 3. The van der Waals surface area contributed by atoms with E-state index in [0.29, 0.717) is 10.7 Å². The third-order valence-electron chi connectivity index (χ3n) is 3.47. The summed E-state index contributed by atoms with van der Waals surface area (Å²) in [6.07, 6.45) is 3.12. The first-order chi connectivity index (χ1) is 11.0. The van der Waals surface area contributed by atoms with Crippen LogP contribution in [0.25, 0.3) is 0 Å². The van der Waals surface area contributed by atoms with Gasteiger partial charge in [0.1, 0.15) is 5.82 Å². The van der Waals surface area contributed by atoms with Crippen molar-refractivity contribution in [3.05, 3.63) is 34.6 Å². The lowest BCUT2D eigenvalue weighted by molar-refractivity contribution is -0.113. The van der Waals surface area contributed by atoms with Gasteiger partial charge in [-0.3, -0.25) is 4.79 Å². The molecule has 1 aromatic heterocycles. The van der Waals surface area contributed by atoms with Gasteiger partial charge in [-0.25, -0.2) is 0 Å². The minimum absolute atomic E-state index is 0.0898. The van der Waals surface area contributed by atoms with E-state index in [1.54, 1.807) is 6.07 Å². The molecule has 0 spiro atoms. The Balaban J connectivity index is 1.89. The van der Waals surface area contributed by atoms with E-state index in [4.69, 9.17) is 11.6 Å². The molecule has 2 rings (SSSR count). The molecule has 7 heteroatoms. The number of hydrogen-bond acceptors (Lipinski definition) is 4. The van der Waals surface area contributed by atoms with Gasteiger partial charge in [0.05, 0.1) is 5.75 Å². The van der Waals surface area contributed by atoms with E-state index in [1.807, 2.05) is 30.7 Å². The van der Waals surface area contributed by atoms with E-state index in [-0.39, 0.29) is 11.7 Å². The largest absolute Gasteiger partial charge is 0.325 e. The summed E-state index contributed by atoms with van der Waals surface area (Å²) in [5.41, 5.74) is 1.69. The molecule has 0 bridgehead atoms. The smallest absolute Gasteiger partial charge is 0.234 e. The quantitative estimate of drug-likeness (QED) is 0.769. The van der Waals surface area contributed by atoms with Crippen LogP contribution in [0.15, 0.2) is 23.4 Å². The van der Waals surface area contributed by atoms with Crippen molar-refractivity contribution in [1.29, 1.82) is 0 Å². The van der Waals surface area contributed by atoms with Gasteiger partial charge in [-0.2, -0.15) is 0 Å². The van der Waals surface area contributed by atoms with Gasteiger partial charge >= 0.3 is 0 Å². The average Bonchev–Trinajstić information content (AvgIpc) is 2.87. The molecule has 0 aliphatic heterocycles. The van der Waals surface area contributed by atoms with Gasteiger partial charge in [-0.1, -0.05) is 42.8 Å². The summed E-state index contributed by atoms with van der Waals surface area (Å²) in [7, 11) is 1.94. The molecule has 0 aliphatic carbocycles. The number of halogens is 1. The van der Waals surface area contributed by atoms with Crippen molar-refractivity contribution in [2.75, 3.05) is 11.1 Å². The van der Waals surface area contributed by atoms with E-state index < -0.39 is 0 Å². The second-order valence-electron chi connectivity index (χ2n) is 5.36. The van der Waals surface area contributed by atoms with Crippen LogP contribution in [0.1, 0.15) is 31.2 Å². The number of thioether (sulfide) groups is 1. The van der Waals surface area contributed by atoms with Crippen molar-refractivity contribution < 1.29 is 4.79 Å². The van der Waals surface area contributed by atoms with Crippen LogP contribution in [-0.2, 0) is 18.3 Å². The molecule has 124 valence electrons. The lowest BCUT2D eigenvalue weighted by atomic mass is 10.2. The molecule has 0 fully saturated rings. The first kappa shape index (κ1) is 17.8. The molecule has 2 aromatic rings. The van der Waals surface area contributed by atoms with Crippen molar-refractivity contribution in [1.82, 2.24) is 14.8 Å². The van der Waals surface area contributed by atoms with Crippen LogP contribution in [0, 0.1) is 6.92 Å². The highest BCUT2D eigenvalue weighted by atomic mass is 35.5. The molecule has 0 atom stereocenters. The number of nitrogens with one attached hydrogen (secondary N) is 1. The Morgan fingerprint density at radius 3 is 2.87 bits per heavy atom. The summed E-state index contributed by atoms with van der Waals surface area (Å²) in [6, 6.07) is 5.48. The van der Waals surface area contributed by atoms with Gasteiger partial charge in [0.2, 0.25) is 5.91 Å². The fourth-order valence-electron chi connectivity index (χ4n) is 2.02. The monoisotopic (exact) mass is 352 g/mol. The average molecular weight is 353 g/mol. The van der Waals surface area contributed by atoms with Crippen molar-refractivity contribution in [2.24, 2.45) is 7.05 Å². The number of aryl methyl sites for hydroxylation is 2. The molecule has 0 aliphatic rings. The number of anilines is 1. The molecule has 0 saturated heterocycles. The van der Waals surface area contributed by atoms with Gasteiger partial charge in [0, 0.05) is 24.2 Å². The summed E-state index contributed by atoms with van der Waals surface area (Å²) in [5.74, 6) is 1.15. The number of aromatic nitrogens is 3. The zero-order valence-corrected chi connectivity index (χ0v) is 15.2. The van der Waals surface area contributed by atoms with E-state index in [2.05, 4.69) is 22.4 Å². The number of benzene rings is 1. The Kier molecular flexibility index (Phi) is 6.47. The van der Waals surface area contributed by atoms with Crippen LogP contribution in [-0.4, -0.2) is 26.4 Å². The minimum Gasteiger partial charge on any atom is -0.325 e. The molecular formula is C16H21ClN4OS. The predicted octanol–water partition coefficient (Wildman–Crippen LogP) is 3.85. The molecule has 1 amide bonds. The number of rotatable bonds is 7. The fourth-order valence-corrected chi connectivity index (χ4v) is 2.93. The molecule has 0 radical (unpaired) electrons. The number of carbonyl (C=O) groups excluding carboxylic acids is 1. The zero-order chi connectivity index (χ0) is 16.8. The highest BCUT2D eigenvalue weighted by Gasteiger charge is 2.11. The maximum Gasteiger partial charge on any atom is 0.234 e. The normalized spacial score (nSPS) is 10.8. The first-order valence-corrected chi connectivity index (χ1v) is 8.94. The number of unbranched alkanes of at least 4 members (excludes halogenated alkanes) is 1. The Hall–Kier alpha value is -1.53. The minimum atomic E-state index is -0.0898. The second kappa shape index (κ2) is 8.36. The van der Waals surface area contributed by atoms with E-state index in [1.165, 1.54) is 11.8 Å². The van der Waals surface area contributed by atoms with Crippen molar-refractivity contribution in [3.8, 4) is 0 Å². The standard InChI is InChI=1S/C16H21ClN4OS/c1-4-5-6-14-19-20-16(21(14)3)23-10-15(22)18-12-8-7-11(2)13(17)9-12/h7-9H,4-6,10H2,1-3H3,(H,18,22). The summed E-state index contributed by atoms with van der Waals surface area (Å²) in [4.78, 5) is 12.0. The summed E-state index contributed by atoms with van der Waals surface area (Å²) < 4.78 is 1.95. The SMILES string of the molecule is CCCCc1nnc(SCC(=O)Nc2ccc(C)c(Cl)c2)n1C. The Morgan fingerprint density at radius 1 is 1.39 bits per heavy atom. The fraction of sp³-hybridized carbons (Fsp3) is 0.438. The van der Waals surface area contributed by atoms with E-state index in [9.17, 15) is 4.79 Å². The van der Waals surface area contributed by atoms with Crippen LogP contribution in [0.5, 0.6) is 0 Å². The van der Waals surface area contributed by atoms with Gasteiger partial charge in [-0.15, -0.1) is 10.2 Å². The Bertz CT molecular complexity index is 687. The van der Waals surface area contributed by atoms with Gasteiger partial charge in [0.15, 0.2) is 5.16 Å². The third kappa shape index (κ3) is 4.97. The molecule has 0 saturated carbocycles.